The average Bonchev–Trinajstić information content (AvgIpc) is 2.63. The molecule has 1 aromatic heterocycles. The van der Waals surface area contributed by atoms with Crippen molar-refractivity contribution in [2.45, 2.75) is 26.2 Å². The number of aromatic nitrogens is 1. The molecule has 0 unspecified atom stereocenters. The maximum atomic E-state index is 10.9. The monoisotopic (exact) mass is 231 g/mol. The van der Waals surface area contributed by atoms with E-state index in [0.29, 0.717) is 5.56 Å². The molecule has 3 nitrogen and oxygen atoms in total. The first kappa shape index (κ1) is 11.7. The molecule has 0 saturated carbocycles. The van der Waals surface area contributed by atoms with Crippen LogP contribution in [0.4, 0.5) is 0 Å². The summed E-state index contributed by atoms with van der Waals surface area (Å²) in [5.74, 6) is -0.872. The maximum Gasteiger partial charge on any atom is 0.335 e. The van der Waals surface area contributed by atoms with E-state index in [9.17, 15) is 4.79 Å². The van der Waals surface area contributed by atoms with E-state index in [1.54, 1.807) is 12.1 Å². The van der Waals surface area contributed by atoms with Crippen molar-refractivity contribution in [1.82, 2.24) is 4.57 Å². The van der Waals surface area contributed by atoms with E-state index in [4.69, 9.17) is 5.11 Å². The molecule has 0 aliphatic rings. The number of aromatic carboxylic acids is 1. The van der Waals surface area contributed by atoms with Crippen LogP contribution in [0.1, 0.15) is 35.7 Å². The Bertz CT molecular complexity index is 555. The Labute approximate surface area is 101 Å². The summed E-state index contributed by atoms with van der Waals surface area (Å²) in [4.78, 5) is 10.9. The lowest BCUT2D eigenvalue weighted by Gasteiger charge is -1.99. The van der Waals surface area contributed by atoms with Gasteiger partial charge in [0.05, 0.1) is 5.56 Å². The Kier molecular flexibility index (Phi) is 3.18. The van der Waals surface area contributed by atoms with Crippen molar-refractivity contribution in [3.8, 4) is 0 Å². The van der Waals surface area contributed by atoms with Crippen molar-refractivity contribution < 1.29 is 9.90 Å². The number of rotatable bonds is 4. The highest BCUT2D eigenvalue weighted by molar-refractivity contribution is 5.94. The Hall–Kier alpha value is -1.77. The second kappa shape index (κ2) is 4.62. The summed E-state index contributed by atoms with van der Waals surface area (Å²) < 4.78 is 2.01. The number of nitrogens with zero attached hydrogens (tertiary/aromatic N) is 1. The Morgan fingerprint density at radius 3 is 2.82 bits per heavy atom. The lowest BCUT2D eigenvalue weighted by molar-refractivity contribution is 0.0697. The van der Waals surface area contributed by atoms with Gasteiger partial charge in [-0.05, 0) is 30.5 Å². The van der Waals surface area contributed by atoms with Crippen molar-refractivity contribution in [2.75, 3.05) is 0 Å². The van der Waals surface area contributed by atoms with Gasteiger partial charge in [-0.3, -0.25) is 0 Å². The number of carboxylic acids is 1. The third-order valence-corrected chi connectivity index (χ3v) is 3.12. The number of hydrogen-bond donors (Lipinski definition) is 1. The van der Waals surface area contributed by atoms with Gasteiger partial charge in [0, 0.05) is 24.1 Å². The van der Waals surface area contributed by atoms with E-state index < -0.39 is 5.97 Å². The van der Waals surface area contributed by atoms with Crippen LogP contribution in [-0.2, 0) is 13.5 Å². The van der Waals surface area contributed by atoms with Crippen LogP contribution in [0, 0.1) is 0 Å². The standard InChI is InChI=1S/C14H17NO2/c1-3-4-5-11-9-15(2)13-8-10(14(16)17)6-7-12(11)13/h6-9H,3-5H2,1-2H3,(H,16,17). The van der Waals surface area contributed by atoms with Crippen LogP contribution in [0.5, 0.6) is 0 Å². The number of fused-ring (bicyclic) bond motifs is 1. The summed E-state index contributed by atoms with van der Waals surface area (Å²) in [6, 6.07) is 5.34. The van der Waals surface area contributed by atoms with Crippen LogP contribution in [0.15, 0.2) is 24.4 Å². The van der Waals surface area contributed by atoms with E-state index in [1.165, 1.54) is 23.8 Å². The van der Waals surface area contributed by atoms with Gasteiger partial charge < -0.3 is 9.67 Å². The van der Waals surface area contributed by atoms with Crippen molar-refractivity contribution in [1.29, 1.82) is 0 Å². The molecular weight excluding hydrogens is 214 g/mol. The van der Waals surface area contributed by atoms with Crippen LogP contribution in [-0.4, -0.2) is 15.6 Å². The average molecular weight is 231 g/mol. The van der Waals surface area contributed by atoms with Crippen LogP contribution >= 0.6 is 0 Å². The Balaban J connectivity index is 2.49. The number of hydrogen-bond acceptors (Lipinski definition) is 1. The van der Waals surface area contributed by atoms with Gasteiger partial charge in [0.15, 0.2) is 0 Å². The zero-order valence-corrected chi connectivity index (χ0v) is 10.2. The quantitative estimate of drug-likeness (QED) is 0.877. The second-order valence-electron chi connectivity index (χ2n) is 4.41. The third kappa shape index (κ3) is 2.18. The van der Waals surface area contributed by atoms with Gasteiger partial charge in [0.1, 0.15) is 0 Å². The second-order valence-corrected chi connectivity index (χ2v) is 4.41. The van der Waals surface area contributed by atoms with E-state index in [0.717, 1.165) is 11.9 Å². The number of carbonyl (C=O) groups is 1. The van der Waals surface area contributed by atoms with E-state index in [1.807, 2.05) is 17.7 Å². The Morgan fingerprint density at radius 2 is 2.18 bits per heavy atom. The molecule has 0 aliphatic carbocycles. The molecule has 2 rings (SSSR count). The highest BCUT2D eigenvalue weighted by Gasteiger charge is 2.09. The maximum absolute atomic E-state index is 10.9. The molecule has 0 fully saturated rings. The number of aryl methyl sites for hydroxylation is 2. The van der Waals surface area contributed by atoms with Gasteiger partial charge in [-0.2, -0.15) is 0 Å². The van der Waals surface area contributed by atoms with E-state index in [2.05, 4.69) is 13.1 Å². The summed E-state index contributed by atoms with van der Waals surface area (Å²) in [6.45, 7) is 2.17. The largest absolute Gasteiger partial charge is 0.478 e. The van der Waals surface area contributed by atoms with Crippen molar-refractivity contribution >= 4 is 16.9 Å². The summed E-state index contributed by atoms with van der Waals surface area (Å²) in [7, 11) is 1.96. The highest BCUT2D eigenvalue weighted by Crippen LogP contribution is 2.23. The fraction of sp³-hybridized carbons (Fsp3) is 0.357. The molecular formula is C14H17NO2. The van der Waals surface area contributed by atoms with E-state index in [-0.39, 0.29) is 0 Å². The fourth-order valence-electron chi connectivity index (χ4n) is 2.17. The van der Waals surface area contributed by atoms with Crippen LogP contribution in [0.3, 0.4) is 0 Å². The molecule has 0 amide bonds. The molecule has 0 atom stereocenters. The zero-order valence-electron chi connectivity index (χ0n) is 10.2. The first-order valence-electron chi connectivity index (χ1n) is 5.94. The molecule has 2 aromatic rings. The summed E-state index contributed by atoms with van der Waals surface area (Å²) >= 11 is 0. The molecule has 0 saturated heterocycles. The minimum absolute atomic E-state index is 0.348. The normalized spacial score (nSPS) is 10.9. The van der Waals surface area contributed by atoms with Gasteiger partial charge in [-0.25, -0.2) is 4.79 Å². The summed E-state index contributed by atoms with van der Waals surface area (Å²) in [5.41, 5.74) is 2.65. The fourth-order valence-corrected chi connectivity index (χ4v) is 2.17. The Morgan fingerprint density at radius 1 is 1.41 bits per heavy atom. The summed E-state index contributed by atoms with van der Waals surface area (Å²) in [5, 5.41) is 10.1. The predicted octanol–water partition coefficient (Wildman–Crippen LogP) is 3.22. The molecule has 1 heterocycles. The smallest absolute Gasteiger partial charge is 0.335 e. The topological polar surface area (TPSA) is 42.2 Å². The first-order valence-corrected chi connectivity index (χ1v) is 5.94. The van der Waals surface area contributed by atoms with Gasteiger partial charge in [0.25, 0.3) is 0 Å². The van der Waals surface area contributed by atoms with Gasteiger partial charge >= 0.3 is 5.97 Å². The molecule has 0 aliphatic heterocycles. The minimum Gasteiger partial charge on any atom is -0.478 e. The number of carboxylic acid groups (broad SMARTS) is 1. The van der Waals surface area contributed by atoms with Crippen LogP contribution in [0.25, 0.3) is 10.9 Å². The van der Waals surface area contributed by atoms with Crippen molar-refractivity contribution in [2.24, 2.45) is 7.05 Å². The molecule has 0 bridgehead atoms. The number of unbranched alkanes of at least 4 members (excludes halogenated alkanes) is 1. The molecule has 90 valence electrons. The minimum atomic E-state index is -0.872. The molecule has 0 radical (unpaired) electrons. The van der Waals surface area contributed by atoms with Gasteiger partial charge in [0.2, 0.25) is 0 Å². The first-order chi connectivity index (χ1) is 8.13. The lowest BCUT2D eigenvalue weighted by Crippen LogP contribution is -1.96. The predicted molar refractivity (Wildman–Crippen MR) is 68.5 cm³/mol. The molecule has 3 heteroatoms. The highest BCUT2D eigenvalue weighted by atomic mass is 16.4. The lowest BCUT2D eigenvalue weighted by atomic mass is 10.1. The molecule has 17 heavy (non-hydrogen) atoms. The molecule has 1 N–H and O–H groups in total. The molecule has 0 spiro atoms. The molecule has 1 aromatic carbocycles. The van der Waals surface area contributed by atoms with Crippen molar-refractivity contribution in [3.05, 3.63) is 35.5 Å². The van der Waals surface area contributed by atoms with E-state index >= 15 is 0 Å². The van der Waals surface area contributed by atoms with Crippen molar-refractivity contribution in [3.63, 3.8) is 0 Å². The van der Waals surface area contributed by atoms with Crippen LogP contribution < -0.4 is 0 Å². The summed E-state index contributed by atoms with van der Waals surface area (Å²) in [6.07, 6.45) is 5.50. The van der Waals surface area contributed by atoms with Crippen LogP contribution in [0.2, 0.25) is 0 Å². The number of benzene rings is 1. The third-order valence-electron chi connectivity index (χ3n) is 3.12. The van der Waals surface area contributed by atoms with Gasteiger partial charge in [-0.1, -0.05) is 19.4 Å². The SMILES string of the molecule is CCCCc1cn(C)c2cc(C(=O)O)ccc12. The van der Waals surface area contributed by atoms with Gasteiger partial charge in [-0.15, -0.1) is 0 Å². The zero-order chi connectivity index (χ0) is 12.4.